The lowest BCUT2D eigenvalue weighted by Gasteiger charge is -2.14. The van der Waals surface area contributed by atoms with Crippen molar-refractivity contribution in [2.24, 2.45) is 0 Å². The molecule has 0 aliphatic rings. The first-order valence-electron chi connectivity index (χ1n) is 6.79. The van der Waals surface area contributed by atoms with Crippen LogP contribution >= 0.6 is 0 Å². The van der Waals surface area contributed by atoms with Gasteiger partial charge in [-0.1, -0.05) is 13.0 Å². The van der Waals surface area contributed by atoms with E-state index in [2.05, 4.69) is 12.2 Å². The summed E-state index contributed by atoms with van der Waals surface area (Å²) in [5.41, 5.74) is 1.13. The average molecular weight is 280 g/mol. The standard InChI is InChI=1S/C15H24N2O3/c1-5-8-16-10-12-6-7-13(14(9-12)19-4)20-11-15(18)17(2)3/h6-7,9,16H,5,8,10-11H2,1-4H3. The predicted molar refractivity (Wildman–Crippen MR) is 79.2 cm³/mol. The summed E-state index contributed by atoms with van der Waals surface area (Å²) in [5, 5.41) is 3.33. The Morgan fingerprint density at radius 2 is 2.05 bits per heavy atom. The van der Waals surface area contributed by atoms with Gasteiger partial charge in [0.2, 0.25) is 0 Å². The number of carbonyl (C=O) groups is 1. The zero-order chi connectivity index (χ0) is 15.0. The third kappa shape index (κ3) is 5.09. The molecule has 0 aliphatic carbocycles. The van der Waals surface area contributed by atoms with E-state index in [1.165, 1.54) is 4.90 Å². The molecule has 112 valence electrons. The first-order valence-corrected chi connectivity index (χ1v) is 6.79. The van der Waals surface area contributed by atoms with Gasteiger partial charge in [0.25, 0.3) is 5.91 Å². The van der Waals surface area contributed by atoms with Crippen LogP contribution in [0.2, 0.25) is 0 Å². The number of nitrogens with one attached hydrogen (secondary N) is 1. The normalized spacial score (nSPS) is 10.2. The molecule has 0 atom stereocenters. The minimum absolute atomic E-state index is 0.0107. The molecule has 1 N–H and O–H groups in total. The molecular weight excluding hydrogens is 256 g/mol. The maximum Gasteiger partial charge on any atom is 0.259 e. The van der Waals surface area contributed by atoms with E-state index in [1.807, 2.05) is 18.2 Å². The molecule has 0 aliphatic heterocycles. The third-order valence-electron chi connectivity index (χ3n) is 2.83. The molecule has 0 spiro atoms. The van der Waals surface area contributed by atoms with Crippen LogP contribution in [0.15, 0.2) is 18.2 Å². The summed E-state index contributed by atoms with van der Waals surface area (Å²) >= 11 is 0. The first-order chi connectivity index (χ1) is 9.58. The second-order valence-electron chi connectivity index (χ2n) is 4.74. The summed E-state index contributed by atoms with van der Waals surface area (Å²) in [4.78, 5) is 13.0. The summed E-state index contributed by atoms with van der Waals surface area (Å²) in [7, 11) is 5.00. The molecule has 1 amide bonds. The van der Waals surface area contributed by atoms with Crippen molar-refractivity contribution in [2.45, 2.75) is 19.9 Å². The fourth-order valence-electron chi connectivity index (χ4n) is 1.62. The Morgan fingerprint density at radius 3 is 2.65 bits per heavy atom. The second-order valence-corrected chi connectivity index (χ2v) is 4.74. The topological polar surface area (TPSA) is 50.8 Å². The van der Waals surface area contributed by atoms with Crippen molar-refractivity contribution < 1.29 is 14.3 Å². The number of amides is 1. The molecular formula is C15H24N2O3. The van der Waals surface area contributed by atoms with E-state index >= 15 is 0 Å². The number of carbonyl (C=O) groups excluding carboxylic acids is 1. The monoisotopic (exact) mass is 280 g/mol. The summed E-state index contributed by atoms with van der Waals surface area (Å²) in [6.45, 7) is 3.92. The SMILES string of the molecule is CCCNCc1ccc(OCC(=O)N(C)C)c(OC)c1. The minimum Gasteiger partial charge on any atom is -0.493 e. The van der Waals surface area contributed by atoms with Crippen LogP contribution in [-0.4, -0.2) is 45.2 Å². The molecule has 0 radical (unpaired) electrons. The van der Waals surface area contributed by atoms with E-state index < -0.39 is 0 Å². The number of ether oxygens (including phenoxy) is 2. The van der Waals surface area contributed by atoms with Crippen LogP contribution in [0, 0.1) is 0 Å². The molecule has 20 heavy (non-hydrogen) atoms. The molecule has 0 aromatic heterocycles. The zero-order valence-corrected chi connectivity index (χ0v) is 12.7. The Morgan fingerprint density at radius 1 is 1.30 bits per heavy atom. The van der Waals surface area contributed by atoms with Gasteiger partial charge in [0.05, 0.1) is 7.11 Å². The molecule has 0 unspecified atom stereocenters. The van der Waals surface area contributed by atoms with E-state index in [1.54, 1.807) is 21.2 Å². The summed E-state index contributed by atoms with van der Waals surface area (Å²) in [6.07, 6.45) is 1.10. The van der Waals surface area contributed by atoms with Crippen molar-refractivity contribution in [3.05, 3.63) is 23.8 Å². The van der Waals surface area contributed by atoms with Gasteiger partial charge < -0.3 is 19.7 Å². The molecule has 0 saturated carbocycles. The van der Waals surface area contributed by atoms with Gasteiger partial charge in [-0.05, 0) is 30.7 Å². The van der Waals surface area contributed by atoms with Crippen LogP contribution in [0.1, 0.15) is 18.9 Å². The minimum atomic E-state index is -0.0826. The van der Waals surface area contributed by atoms with Crippen molar-refractivity contribution in [1.29, 1.82) is 0 Å². The molecule has 1 rings (SSSR count). The van der Waals surface area contributed by atoms with Crippen LogP contribution in [0.25, 0.3) is 0 Å². The number of methoxy groups -OCH3 is 1. The fourth-order valence-corrected chi connectivity index (χ4v) is 1.62. The van der Waals surface area contributed by atoms with Gasteiger partial charge in [0, 0.05) is 20.6 Å². The molecule has 1 aromatic rings. The smallest absolute Gasteiger partial charge is 0.259 e. The van der Waals surface area contributed by atoms with Crippen LogP contribution in [0.5, 0.6) is 11.5 Å². The zero-order valence-electron chi connectivity index (χ0n) is 12.7. The maximum atomic E-state index is 11.5. The summed E-state index contributed by atoms with van der Waals surface area (Å²) in [6, 6.07) is 5.74. The lowest BCUT2D eigenvalue weighted by atomic mass is 10.2. The number of rotatable bonds is 8. The molecule has 0 bridgehead atoms. The molecule has 5 nitrogen and oxygen atoms in total. The van der Waals surface area contributed by atoms with Crippen molar-refractivity contribution in [3.63, 3.8) is 0 Å². The van der Waals surface area contributed by atoms with Crippen LogP contribution in [0.4, 0.5) is 0 Å². The van der Waals surface area contributed by atoms with Gasteiger partial charge >= 0.3 is 0 Å². The molecule has 1 aromatic carbocycles. The number of benzene rings is 1. The molecule has 0 fully saturated rings. The lowest BCUT2D eigenvalue weighted by molar-refractivity contribution is -0.130. The number of nitrogens with zero attached hydrogens (tertiary/aromatic N) is 1. The molecule has 5 heteroatoms. The maximum absolute atomic E-state index is 11.5. The van der Waals surface area contributed by atoms with E-state index in [0.717, 1.165) is 25.1 Å². The van der Waals surface area contributed by atoms with Crippen molar-refractivity contribution in [1.82, 2.24) is 10.2 Å². The van der Waals surface area contributed by atoms with Crippen molar-refractivity contribution in [3.8, 4) is 11.5 Å². The highest BCUT2D eigenvalue weighted by atomic mass is 16.5. The Balaban J connectivity index is 2.65. The Bertz CT molecular complexity index is 433. The largest absolute Gasteiger partial charge is 0.493 e. The van der Waals surface area contributed by atoms with Crippen LogP contribution in [0.3, 0.4) is 0 Å². The number of hydrogen-bond donors (Lipinski definition) is 1. The molecule has 0 saturated heterocycles. The highest BCUT2D eigenvalue weighted by Gasteiger charge is 2.09. The fraction of sp³-hybridized carbons (Fsp3) is 0.533. The van der Waals surface area contributed by atoms with Crippen molar-refractivity contribution in [2.75, 3.05) is 34.4 Å². The number of hydrogen-bond acceptors (Lipinski definition) is 4. The quantitative estimate of drug-likeness (QED) is 0.736. The Kier molecular flexibility index (Phi) is 6.87. The first kappa shape index (κ1) is 16.3. The predicted octanol–water partition coefficient (Wildman–Crippen LogP) is 1.66. The van der Waals surface area contributed by atoms with Gasteiger partial charge in [-0.2, -0.15) is 0 Å². The van der Waals surface area contributed by atoms with Crippen molar-refractivity contribution >= 4 is 5.91 Å². The summed E-state index contributed by atoms with van der Waals surface area (Å²) < 4.78 is 10.8. The average Bonchev–Trinajstić information content (AvgIpc) is 2.45. The van der Waals surface area contributed by atoms with Gasteiger partial charge in [0.1, 0.15) is 0 Å². The van der Waals surface area contributed by atoms with E-state index in [0.29, 0.717) is 11.5 Å². The second kappa shape index (κ2) is 8.43. The van der Waals surface area contributed by atoms with Gasteiger partial charge in [-0.25, -0.2) is 0 Å². The number of likely N-dealkylation sites (N-methyl/N-ethyl adjacent to an activating group) is 1. The van der Waals surface area contributed by atoms with E-state index in [-0.39, 0.29) is 12.5 Å². The van der Waals surface area contributed by atoms with Gasteiger partial charge in [-0.15, -0.1) is 0 Å². The highest BCUT2D eigenvalue weighted by Crippen LogP contribution is 2.28. The summed E-state index contributed by atoms with van der Waals surface area (Å²) in [5.74, 6) is 1.15. The Hall–Kier alpha value is -1.75. The molecule has 0 heterocycles. The van der Waals surface area contributed by atoms with Gasteiger partial charge in [-0.3, -0.25) is 4.79 Å². The Labute approximate surface area is 120 Å². The van der Waals surface area contributed by atoms with E-state index in [4.69, 9.17) is 9.47 Å². The highest BCUT2D eigenvalue weighted by molar-refractivity contribution is 5.77. The third-order valence-corrected chi connectivity index (χ3v) is 2.83. The van der Waals surface area contributed by atoms with Gasteiger partial charge in [0.15, 0.2) is 18.1 Å². The lowest BCUT2D eigenvalue weighted by Crippen LogP contribution is -2.27. The van der Waals surface area contributed by atoms with Crippen LogP contribution < -0.4 is 14.8 Å². The van der Waals surface area contributed by atoms with Crippen LogP contribution in [-0.2, 0) is 11.3 Å². The van der Waals surface area contributed by atoms with E-state index in [9.17, 15) is 4.79 Å².